The first kappa shape index (κ1) is 12.4. The number of hydrogen-bond donors (Lipinski definition) is 0. The van der Waals surface area contributed by atoms with E-state index in [1.54, 1.807) is 16.7 Å². The summed E-state index contributed by atoms with van der Waals surface area (Å²) in [6.07, 6.45) is 5.61. The number of likely N-dealkylation sites (tertiary alicyclic amines) is 1. The first-order valence-corrected chi connectivity index (χ1v) is 6.94. The van der Waals surface area contributed by atoms with E-state index in [2.05, 4.69) is 9.88 Å². The average molecular weight is 257 g/mol. The molecule has 2 aromatic rings. The topological polar surface area (TPSA) is 37.6 Å². The summed E-state index contributed by atoms with van der Waals surface area (Å²) >= 11 is 0. The van der Waals surface area contributed by atoms with Crippen molar-refractivity contribution in [3.63, 3.8) is 0 Å². The van der Waals surface area contributed by atoms with Crippen LogP contribution < -0.4 is 5.56 Å². The fourth-order valence-corrected chi connectivity index (χ4v) is 2.74. The Morgan fingerprint density at radius 1 is 1.26 bits per heavy atom. The van der Waals surface area contributed by atoms with Gasteiger partial charge in [-0.1, -0.05) is 12.5 Å². The lowest BCUT2D eigenvalue weighted by molar-refractivity contribution is 0.218. The maximum absolute atomic E-state index is 12.1. The third-order valence-corrected chi connectivity index (χ3v) is 3.77. The van der Waals surface area contributed by atoms with Crippen molar-refractivity contribution in [2.24, 2.45) is 0 Å². The molecule has 19 heavy (non-hydrogen) atoms. The number of pyridine rings is 1. The monoisotopic (exact) mass is 257 g/mol. The Hall–Kier alpha value is -1.68. The molecule has 2 aromatic heterocycles. The lowest BCUT2D eigenvalue weighted by Crippen LogP contribution is -2.30. The molecule has 100 valence electrons. The lowest BCUT2D eigenvalue weighted by Gasteiger charge is -2.25. The third-order valence-electron chi connectivity index (χ3n) is 3.77. The summed E-state index contributed by atoms with van der Waals surface area (Å²) in [6, 6.07) is 5.54. The van der Waals surface area contributed by atoms with Crippen molar-refractivity contribution in [1.29, 1.82) is 0 Å². The van der Waals surface area contributed by atoms with Crippen LogP contribution in [0.15, 0.2) is 29.2 Å². The molecule has 0 saturated carbocycles. The van der Waals surface area contributed by atoms with Crippen LogP contribution in [0.25, 0.3) is 5.65 Å². The molecule has 1 fully saturated rings. The Morgan fingerprint density at radius 2 is 2.05 bits per heavy atom. The van der Waals surface area contributed by atoms with E-state index in [0.717, 1.165) is 36.5 Å². The number of aryl methyl sites for hydroxylation is 1. The van der Waals surface area contributed by atoms with Gasteiger partial charge in [-0.15, -0.1) is 0 Å². The quantitative estimate of drug-likeness (QED) is 0.825. The molecule has 0 aliphatic carbocycles. The minimum atomic E-state index is 0.0145. The van der Waals surface area contributed by atoms with Gasteiger partial charge in [-0.05, 0) is 44.5 Å². The van der Waals surface area contributed by atoms with E-state index in [4.69, 9.17) is 0 Å². The Labute approximate surface area is 112 Å². The van der Waals surface area contributed by atoms with Crippen LogP contribution in [0.4, 0.5) is 0 Å². The Kier molecular flexibility index (Phi) is 3.34. The van der Waals surface area contributed by atoms with E-state index in [0.29, 0.717) is 0 Å². The van der Waals surface area contributed by atoms with Crippen LogP contribution in [0.5, 0.6) is 0 Å². The maximum atomic E-state index is 12.1. The normalized spacial score (nSPS) is 16.9. The number of rotatable bonds is 2. The number of nitrogens with zero attached hydrogens (tertiary/aromatic N) is 3. The highest BCUT2D eigenvalue weighted by Crippen LogP contribution is 2.12. The van der Waals surface area contributed by atoms with Gasteiger partial charge in [0.25, 0.3) is 5.56 Å². The van der Waals surface area contributed by atoms with Gasteiger partial charge in [0.1, 0.15) is 5.65 Å². The summed E-state index contributed by atoms with van der Waals surface area (Å²) in [6.45, 7) is 5.02. The molecule has 0 unspecified atom stereocenters. The molecular weight excluding hydrogens is 238 g/mol. The highest BCUT2D eigenvalue weighted by atomic mass is 16.1. The molecular formula is C15H19N3O. The molecule has 1 saturated heterocycles. The number of aromatic nitrogens is 2. The first-order valence-electron chi connectivity index (χ1n) is 6.94. The molecule has 0 atom stereocenters. The largest absolute Gasteiger partial charge is 0.298 e. The van der Waals surface area contributed by atoms with E-state index < -0.39 is 0 Å². The second-order valence-corrected chi connectivity index (χ2v) is 5.31. The van der Waals surface area contributed by atoms with E-state index in [1.807, 2.05) is 19.1 Å². The molecule has 4 heteroatoms. The van der Waals surface area contributed by atoms with Crippen molar-refractivity contribution in [2.45, 2.75) is 32.7 Å². The van der Waals surface area contributed by atoms with E-state index in [9.17, 15) is 4.79 Å². The van der Waals surface area contributed by atoms with Crippen LogP contribution in [0.2, 0.25) is 0 Å². The molecule has 1 aliphatic rings. The molecule has 4 nitrogen and oxygen atoms in total. The number of piperidine rings is 1. The van der Waals surface area contributed by atoms with E-state index in [1.165, 1.54) is 19.3 Å². The summed E-state index contributed by atoms with van der Waals surface area (Å²) in [5.41, 5.74) is 2.73. The highest BCUT2D eigenvalue weighted by Gasteiger charge is 2.12. The standard InChI is InChI=1S/C15H19N3O/c1-12-6-5-9-18-14(19)10-13(16-15(12)18)11-17-7-3-2-4-8-17/h5-6,9-10H,2-4,7-8,11H2,1H3. The smallest absolute Gasteiger partial charge is 0.258 e. The summed E-state index contributed by atoms with van der Waals surface area (Å²) in [5.74, 6) is 0. The molecule has 3 heterocycles. The fourth-order valence-electron chi connectivity index (χ4n) is 2.74. The van der Waals surface area contributed by atoms with Crippen molar-refractivity contribution < 1.29 is 0 Å². The molecule has 0 radical (unpaired) electrons. The molecule has 0 spiro atoms. The summed E-state index contributed by atoms with van der Waals surface area (Å²) in [5, 5.41) is 0. The highest BCUT2D eigenvalue weighted by molar-refractivity contribution is 5.46. The van der Waals surface area contributed by atoms with Crippen LogP contribution in [0.3, 0.4) is 0 Å². The van der Waals surface area contributed by atoms with Crippen molar-refractivity contribution in [3.8, 4) is 0 Å². The third kappa shape index (κ3) is 2.54. The minimum absolute atomic E-state index is 0.0145. The average Bonchev–Trinajstić information content (AvgIpc) is 2.41. The van der Waals surface area contributed by atoms with Crippen molar-refractivity contribution in [2.75, 3.05) is 13.1 Å². The minimum Gasteiger partial charge on any atom is -0.298 e. The predicted octanol–water partition coefficient (Wildman–Crippen LogP) is 1.99. The number of hydrogen-bond acceptors (Lipinski definition) is 3. The van der Waals surface area contributed by atoms with Gasteiger partial charge in [-0.2, -0.15) is 0 Å². The summed E-state index contributed by atoms with van der Waals surface area (Å²) in [4.78, 5) is 19.1. The lowest BCUT2D eigenvalue weighted by atomic mass is 10.1. The van der Waals surface area contributed by atoms with Gasteiger partial charge < -0.3 is 0 Å². The first-order chi connectivity index (χ1) is 9.24. The van der Waals surface area contributed by atoms with Crippen LogP contribution in [-0.4, -0.2) is 27.4 Å². The second-order valence-electron chi connectivity index (χ2n) is 5.31. The fraction of sp³-hybridized carbons (Fsp3) is 0.467. The van der Waals surface area contributed by atoms with Gasteiger partial charge >= 0.3 is 0 Å². The van der Waals surface area contributed by atoms with Gasteiger partial charge in [0.15, 0.2) is 0 Å². The number of fused-ring (bicyclic) bond motifs is 1. The Bertz CT molecular complexity index is 641. The SMILES string of the molecule is Cc1cccn2c(=O)cc(CN3CCCCC3)nc12. The molecule has 1 aliphatic heterocycles. The van der Waals surface area contributed by atoms with Crippen molar-refractivity contribution in [3.05, 3.63) is 46.0 Å². The van der Waals surface area contributed by atoms with Crippen molar-refractivity contribution >= 4 is 5.65 Å². The molecule has 0 amide bonds. The molecule has 0 aromatic carbocycles. The van der Waals surface area contributed by atoms with Crippen LogP contribution in [0.1, 0.15) is 30.5 Å². The van der Waals surface area contributed by atoms with Crippen LogP contribution in [0, 0.1) is 6.92 Å². The van der Waals surface area contributed by atoms with Gasteiger partial charge in [-0.25, -0.2) is 4.98 Å². The maximum Gasteiger partial charge on any atom is 0.258 e. The molecule has 0 bridgehead atoms. The second kappa shape index (κ2) is 5.13. The van der Waals surface area contributed by atoms with Crippen molar-refractivity contribution in [1.82, 2.24) is 14.3 Å². The zero-order valence-corrected chi connectivity index (χ0v) is 11.3. The predicted molar refractivity (Wildman–Crippen MR) is 75.3 cm³/mol. The molecule has 0 N–H and O–H groups in total. The summed E-state index contributed by atoms with van der Waals surface area (Å²) in [7, 11) is 0. The van der Waals surface area contributed by atoms with E-state index in [-0.39, 0.29) is 5.56 Å². The van der Waals surface area contributed by atoms with Gasteiger partial charge in [0, 0.05) is 18.8 Å². The Morgan fingerprint density at radius 3 is 2.84 bits per heavy atom. The van der Waals surface area contributed by atoms with Gasteiger partial charge in [0.05, 0.1) is 5.69 Å². The zero-order chi connectivity index (χ0) is 13.2. The summed E-state index contributed by atoms with van der Waals surface area (Å²) < 4.78 is 1.62. The van der Waals surface area contributed by atoms with Crippen LogP contribution in [-0.2, 0) is 6.54 Å². The van der Waals surface area contributed by atoms with E-state index >= 15 is 0 Å². The Balaban J connectivity index is 1.96. The van der Waals surface area contributed by atoms with Gasteiger partial charge in [-0.3, -0.25) is 14.1 Å². The molecule has 3 rings (SSSR count). The van der Waals surface area contributed by atoms with Crippen LogP contribution >= 0.6 is 0 Å². The zero-order valence-electron chi connectivity index (χ0n) is 11.3. The van der Waals surface area contributed by atoms with Gasteiger partial charge in [0.2, 0.25) is 0 Å².